The zero-order chi connectivity index (χ0) is 12.1. The van der Waals surface area contributed by atoms with Gasteiger partial charge in [0.05, 0.1) is 12.8 Å². The van der Waals surface area contributed by atoms with Crippen LogP contribution in [-0.2, 0) is 16.6 Å². The van der Waals surface area contributed by atoms with Gasteiger partial charge in [-0.05, 0) is 6.92 Å². The van der Waals surface area contributed by atoms with Gasteiger partial charge in [-0.2, -0.15) is 5.10 Å². The lowest BCUT2D eigenvalue weighted by Gasteiger charge is -2.04. The lowest BCUT2D eigenvalue weighted by molar-refractivity contribution is -0.141. The summed E-state index contributed by atoms with van der Waals surface area (Å²) in [5.41, 5.74) is 5.83. The lowest BCUT2D eigenvalue weighted by atomic mass is 10.3. The summed E-state index contributed by atoms with van der Waals surface area (Å²) < 4.78 is 6.03. The van der Waals surface area contributed by atoms with Crippen molar-refractivity contribution >= 4 is 17.7 Å². The molecule has 3 N–H and O–H groups in total. The quantitative estimate of drug-likeness (QED) is 0.661. The van der Waals surface area contributed by atoms with Gasteiger partial charge >= 0.3 is 5.97 Å². The summed E-state index contributed by atoms with van der Waals surface area (Å²) in [4.78, 5) is 22.5. The maximum atomic E-state index is 11.5. The number of aryl methyl sites for hydroxylation is 1. The molecule has 1 aromatic heterocycles. The molecule has 0 aliphatic carbocycles. The number of carbonyl (C=O) groups excluding carboxylic acids is 2. The van der Waals surface area contributed by atoms with E-state index in [4.69, 9.17) is 5.73 Å². The molecule has 1 rings (SSSR count). The van der Waals surface area contributed by atoms with Gasteiger partial charge in [0.15, 0.2) is 0 Å². The van der Waals surface area contributed by atoms with Crippen molar-refractivity contribution in [3.63, 3.8) is 0 Å². The molecular formula is C9H14N4O3. The molecule has 1 amide bonds. The van der Waals surface area contributed by atoms with Crippen LogP contribution in [0.5, 0.6) is 0 Å². The number of nitrogens with zero attached hydrogens (tertiary/aromatic N) is 2. The van der Waals surface area contributed by atoms with Crippen LogP contribution in [0.3, 0.4) is 0 Å². The number of ether oxygens (including phenoxy) is 1. The SMILES string of the molecule is CCOC(=O)CNC(=O)c1cnn(C)c1N. The van der Waals surface area contributed by atoms with E-state index in [1.165, 1.54) is 10.9 Å². The zero-order valence-electron chi connectivity index (χ0n) is 9.19. The Bertz CT molecular complexity index is 399. The van der Waals surface area contributed by atoms with Gasteiger partial charge in [0, 0.05) is 7.05 Å². The summed E-state index contributed by atoms with van der Waals surface area (Å²) in [7, 11) is 1.62. The maximum Gasteiger partial charge on any atom is 0.325 e. The molecule has 0 saturated heterocycles. The van der Waals surface area contributed by atoms with Gasteiger partial charge in [-0.25, -0.2) is 0 Å². The molecule has 0 fully saturated rings. The second-order valence-corrected chi connectivity index (χ2v) is 3.05. The van der Waals surface area contributed by atoms with E-state index >= 15 is 0 Å². The van der Waals surface area contributed by atoms with Crippen LogP contribution in [-0.4, -0.2) is 34.8 Å². The number of anilines is 1. The first-order valence-electron chi connectivity index (χ1n) is 4.77. The Morgan fingerprint density at radius 2 is 2.31 bits per heavy atom. The van der Waals surface area contributed by atoms with Crippen molar-refractivity contribution in [2.75, 3.05) is 18.9 Å². The normalized spacial score (nSPS) is 9.88. The molecule has 1 aromatic rings. The van der Waals surface area contributed by atoms with Crippen LogP contribution in [0, 0.1) is 0 Å². The molecule has 0 bridgehead atoms. The number of hydrogen-bond donors (Lipinski definition) is 2. The maximum absolute atomic E-state index is 11.5. The molecule has 7 heteroatoms. The Hall–Kier alpha value is -2.05. The van der Waals surface area contributed by atoms with Crippen LogP contribution in [0.15, 0.2) is 6.20 Å². The highest BCUT2D eigenvalue weighted by molar-refractivity contribution is 5.99. The van der Waals surface area contributed by atoms with Crippen LogP contribution < -0.4 is 11.1 Å². The van der Waals surface area contributed by atoms with E-state index in [-0.39, 0.29) is 24.5 Å². The Morgan fingerprint density at radius 3 is 2.81 bits per heavy atom. The molecule has 0 aromatic carbocycles. The predicted molar refractivity (Wildman–Crippen MR) is 56.6 cm³/mol. The summed E-state index contributed by atoms with van der Waals surface area (Å²) >= 11 is 0. The number of amides is 1. The van der Waals surface area contributed by atoms with Gasteiger partial charge in [0.1, 0.15) is 17.9 Å². The van der Waals surface area contributed by atoms with Crippen LogP contribution in [0.1, 0.15) is 17.3 Å². The average molecular weight is 226 g/mol. The first kappa shape index (κ1) is 12.0. The van der Waals surface area contributed by atoms with Crippen molar-refractivity contribution in [3.8, 4) is 0 Å². The summed E-state index contributed by atoms with van der Waals surface area (Å²) in [6.45, 7) is 1.80. The largest absolute Gasteiger partial charge is 0.465 e. The predicted octanol–water partition coefficient (Wildman–Crippen LogP) is -0.705. The van der Waals surface area contributed by atoms with Gasteiger partial charge in [-0.15, -0.1) is 0 Å². The van der Waals surface area contributed by atoms with Gasteiger partial charge in [0.2, 0.25) is 0 Å². The Labute approximate surface area is 92.6 Å². The molecule has 0 aliphatic heterocycles. The van der Waals surface area contributed by atoms with Crippen LogP contribution >= 0.6 is 0 Å². The summed E-state index contributed by atoms with van der Waals surface area (Å²) in [5, 5.41) is 6.21. The van der Waals surface area contributed by atoms with Crippen molar-refractivity contribution in [1.29, 1.82) is 0 Å². The van der Waals surface area contributed by atoms with Crippen molar-refractivity contribution in [1.82, 2.24) is 15.1 Å². The van der Waals surface area contributed by atoms with Gasteiger partial charge in [-0.3, -0.25) is 14.3 Å². The van der Waals surface area contributed by atoms with E-state index in [2.05, 4.69) is 15.2 Å². The van der Waals surface area contributed by atoms with Crippen LogP contribution in [0.2, 0.25) is 0 Å². The number of aromatic nitrogens is 2. The minimum Gasteiger partial charge on any atom is -0.465 e. The highest BCUT2D eigenvalue weighted by Gasteiger charge is 2.14. The number of rotatable bonds is 4. The number of nitrogens with one attached hydrogen (secondary N) is 1. The molecule has 1 heterocycles. The fourth-order valence-corrected chi connectivity index (χ4v) is 1.08. The molecule has 0 saturated carbocycles. The molecule has 0 aliphatic rings. The Kier molecular flexibility index (Phi) is 3.87. The molecule has 16 heavy (non-hydrogen) atoms. The average Bonchev–Trinajstić information content (AvgIpc) is 2.57. The molecule has 0 radical (unpaired) electrons. The summed E-state index contributed by atoms with van der Waals surface area (Å²) in [5.74, 6) is -0.682. The topological polar surface area (TPSA) is 99.2 Å². The zero-order valence-corrected chi connectivity index (χ0v) is 9.19. The van der Waals surface area contributed by atoms with Gasteiger partial charge in [-0.1, -0.05) is 0 Å². The van der Waals surface area contributed by atoms with Crippen LogP contribution in [0.25, 0.3) is 0 Å². The van der Waals surface area contributed by atoms with Crippen molar-refractivity contribution in [3.05, 3.63) is 11.8 Å². The minimum atomic E-state index is -0.488. The van der Waals surface area contributed by atoms with E-state index in [1.54, 1.807) is 14.0 Å². The number of hydrogen-bond acceptors (Lipinski definition) is 5. The van der Waals surface area contributed by atoms with Crippen molar-refractivity contribution < 1.29 is 14.3 Å². The second-order valence-electron chi connectivity index (χ2n) is 3.05. The van der Waals surface area contributed by atoms with E-state index < -0.39 is 11.9 Å². The third-order valence-electron chi connectivity index (χ3n) is 1.93. The fourth-order valence-electron chi connectivity index (χ4n) is 1.08. The number of nitrogens with two attached hydrogens (primary N) is 1. The molecule has 0 atom stereocenters. The number of carbonyl (C=O) groups is 2. The van der Waals surface area contributed by atoms with E-state index in [0.717, 1.165) is 0 Å². The third-order valence-corrected chi connectivity index (χ3v) is 1.93. The Morgan fingerprint density at radius 1 is 1.62 bits per heavy atom. The number of esters is 1. The molecule has 88 valence electrons. The third kappa shape index (κ3) is 2.72. The minimum absolute atomic E-state index is 0.180. The second kappa shape index (κ2) is 5.15. The van der Waals surface area contributed by atoms with Crippen molar-refractivity contribution in [2.24, 2.45) is 7.05 Å². The highest BCUT2D eigenvalue weighted by Crippen LogP contribution is 2.08. The van der Waals surface area contributed by atoms with E-state index in [9.17, 15) is 9.59 Å². The molecule has 7 nitrogen and oxygen atoms in total. The molecule has 0 unspecified atom stereocenters. The summed E-state index contributed by atoms with van der Waals surface area (Å²) in [6, 6.07) is 0. The fraction of sp³-hybridized carbons (Fsp3) is 0.444. The summed E-state index contributed by atoms with van der Waals surface area (Å²) in [6.07, 6.45) is 1.34. The monoisotopic (exact) mass is 226 g/mol. The van der Waals surface area contributed by atoms with Gasteiger partial charge in [0.25, 0.3) is 5.91 Å². The molecule has 0 spiro atoms. The van der Waals surface area contributed by atoms with Crippen LogP contribution in [0.4, 0.5) is 5.82 Å². The highest BCUT2D eigenvalue weighted by atomic mass is 16.5. The first-order chi connectivity index (χ1) is 7.56. The van der Waals surface area contributed by atoms with E-state index in [1.807, 2.05) is 0 Å². The first-order valence-corrected chi connectivity index (χ1v) is 4.77. The van der Waals surface area contributed by atoms with E-state index in [0.29, 0.717) is 0 Å². The standard InChI is InChI=1S/C9H14N4O3/c1-3-16-7(14)5-11-9(15)6-4-12-13(2)8(6)10/h4H,3,5,10H2,1-2H3,(H,11,15). The lowest BCUT2D eigenvalue weighted by Crippen LogP contribution is -2.30. The van der Waals surface area contributed by atoms with Crippen molar-refractivity contribution in [2.45, 2.75) is 6.92 Å². The Balaban J connectivity index is 2.53. The van der Waals surface area contributed by atoms with Gasteiger partial charge < -0.3 is 15.8 Å². The molecular weight excluding hydrogens is 212 g/mol. The number of nitrogen functional groups attached to an aromatic ring is 1. The smallest absolute Gasteiger partial charge is 0.325 e.